The molecule has 2 aliphatic rings. The predicted octanol–water partition coefficient (Wildman–Crippen LogP) is 4.70. The quantitative estimate of drug-likeness (QED) is 0.563. The molecule has 0 spiro atoms. The molecule has 0 aliphatic heterocycles. The highest BCUT2D eigenvalue weighted by Gasteiger charge is 2.22. The van der Waals surface area contributed by atoms with Crippen molar-refractivity contribution < 1.29 is 14.4 Å². The standard InChI is InChI=1S/C11H15NO2S.C9H10OS/c1-12(14-2)11(13)9-7-15-10-6-4-3-5-8(9)10;10-5-7-6-11-9-4-2-1-3-8(7)9/h7H,3-6H2,1-2H3;5-6H,1-4H2. The van der Waals surface area contributed by atoms with Gasteiger partial charge in [0.25, 0.3) is 5.91 Å². The van der Waals surface area contributed by atoms with Crippen molar-refractivity contribution in [2.24, 2.45) is 0 Å². The lowest BCUT2D eigenvalue weighted by Gasteiger charge is -2.16. The number of amides is 1. The van der Waals surface area contributed by atoms with E-state index in [9.17, 15) is 9.59 Å². The Morgan fingerprint density at radius 3 is 2.23 bits per heavy atom. The maximum Gasteiger partial charge on any atom is 0.278 e. The van der Waals surface area contributed by atoms with Crippen LogP contribution in [0.1, 0.15) is 67.3 Å². The van der Waals surface area contributed by atoms with Gasteiger partial charge in [0.1, 0.15) is 0 Å². The molecule has 0 saturated carbocycles. The largest absolute Gasteiger partial charge is 0.298 e. The van der Waals surface area contributed by atoms with Crippen molar-refractivity contribution in [3.05, 3.63) is 42.8 Å². The van der Waals surface area contributed by atoms with Gasteiger partial charge in [-0.2, -0.15) is 0 Å². The van der Waals surface area contributed by atoms with Gasteiger partial charge >= 0.3 is 0 Å². The number of aryl methyl sites for hydroxylation is 2. The summed E-state index contributed by atoms with van der Waals surface area (Å²) in [4.78, 5) is 30.2. The smallest absolute Gasteiger partial charge is 0.278 e. The van der Waals surface area contributed by atoms with Crippen molar-refractivity contribution in [2.45, 2.75) is 51.4 Å². The zero-order valence-electron chi connectivity index (χ0n) is 15.4. The van der Waals surface area contributed by atoms with Gasteiger partial charge in [-0.05, 0) is 62.5 Å². The van der Waals surface area contributed by atoms with E-state index in [-0.39, 0.29) is 5.91 Å². The van der Waals surface area contributed by atoms with Crippen molar-refractivity contribution in [3.63, 3.8) is 0 Å². The third kappa shape index (κ3) is 4.08. The zero-order chi connectivity index (χ0) is 18.5. The molecule has 26 heavy (non-hydrogen) atoms. The average molecular weight is 392 g/mol. The molecule has 1 amide bonds. The Kier molecular flexibility index (Phi) is 6.62. The van der Waals surface area contributed by atoms with Crippen molar-refractivity contribution in [1.29, 1.82) is 0 Å². The zero-order valence-corrected chi connectivity index (χ0v) is 17.0. The lowest BCUT2D eigenvalue weighted by molar-refractivity contribution is -0.0757. The molecule has 2 aromatic heterocycles. The van der Waals surface area contributed by atoms with Gasteiger partial charge in [-0.3, -0.25) is 14.4 Å². The van der Waals surface area contributed by atoms with Gasteiger partial charge in [-0.25, -0.2) is 5.06 Å². The molecule has 0 fully saturated rings. The second-order valence-corrected chi connectivity index (χ2v) is 8.59. The number of thiophene rings is 2. The number of rotatable bonds is 3. The summed E-state index contributed by atoms with van der Waals surface area (Å²) in [5.74, 6) is -0.0306. The van der Waals surface area contributed by atoms with E-state index in [1.165, 1.54) is 65.2 Å². The normalized spacial score (nSPS) is 15.3. The Morgan fingerprint density at radius 1 is 1.00 bits per heavy atom. The second kappa shape index (κ2) is 8.93. The lowest BCUT2D eigenvalue weighted by atomic mass is 9.96. The van der Waals surface area contributed by atoms with Gasteiger partial charge in [-0.1, -0.05) is 0 Å². The summed E-state index contributed by atoms with van der Waals surface area (Å²) < 4.78 is 0. The highest BCUT2D eigenvalue weighted by atomic mass is 32.1. The van der Waals surface area contributed by atoms with Gasteiger partial charge in [0, 0.05) is 33.1 Å². The summed E-state index contributed by atoms with van der Waals surface area (Å²) in [5.41, 5.74) is 4.35. The molecule has 0 bridgehead atoms. The first-order chi connectivity index (χ1) is 12.7. The van der Waals surface area contributed by atoms with Gasteiger partial charge < -0.3 is 0 Å². The molecule has 0 N–H and O–H groups in total. The monoisotopic (exact) mass is 391 g/mol. The fraction of sp³-hybridized carbons (Fsp3) is 0.500. The van der Waals surface area contributed by atoms with Gasteiger partial charge in [-0.15, -0.1) is 22.7 Å². The Labute approximate surface area is 162 Å². The number of carbonyl (C=O) groups excluding carboxylic acids is 2. The van der Waals surface area contributed by atoms with E-state index in [2.05, 4.69) is 0 Å². The summed E-state index contributed by atoms with van der Waals surface area (Å²) in [6, 6.07) is 0. The van der Waals surface area contributed by atoms with E-state index in [0.29, 0.717) is 0 Å². The Bertz CT molecular complexity index is 778. The summed E-state index contributed by atoms with van der Waals surface area (Å²) in [5, 5.41) is 5.24. The van der Waals surface area contributed by atoms with Crippen LogP contribution >= 0.6 is 22.7 Å². The lowest BCUT2D eigenvalue weighted by Crippen LogP contribution is -2.26. The minimum atomic E-state index is -0.0306. The predicted molar refractivity (Wildman–Crippen MR) is 106 cm³/mol. The molecular formula is C20H25NO3S2. The third-order valence-corrected chi connectivity index (χ3v) is 7.27. The van der Waals surface area contributed by atoms with Crippen LogP contribution < -0.4 is 0 Å². The molecule has 4 nitrogen and oxygen atoms in total. The van der Waals surface area contributed by atoms with Crippen molar-refractivity contribution in [3.8, 4) is 0 Å². The molecule has 0 aromatic carbocycles. The van der Waals surface area contributed by atoms with Crippen LogP contribution in [0.3, 0.4) is 0 Å². The van der Waals surface area contributed by atoms with E-state index < -0.39 is 0 Å². The second-order valence-electron chi connectivity index (χ2n) is 6.66. The first kappa shape index (κ1) is 19.3. The first-order valence-electron chi connectivity index (χ1n) is 9.11. The number of hydrogen-bond donors (Lipinski definition) is 0. The van der Waals surface area contributed by atoms with Crippen LogP contribution in [-0.2, 0) is 30.5 Å². The number of hydroxylamine groups is 2. The van der Waals surface area contributed by atoms with Crippen LogP contribution in [0.2, 0.25) is 0 Å². The molecule has 4 rings (SSSR count). The summed E-state index contributed by atoms with van der Waals surface area (Å²) >= 11 is 3.45. The number of fused-ring (bicyclic) bond motifs is 2. The van der Waals surface area contributed by atoms with Crippen LogP contribution in [0, 0.1) is 0 Å². The van der Waals surface area contributed by atoms with Crippen LogP contribution in [0.25, 0.3) is 0 Å². The van der Waals surface area contributed by atoms with Crippen LogP contribution in [0.4, 0.5) is 0 Å². The minimum absolute atomic E-state index is 0.0306. The van der Waals surface area contributed by atoms with E-state index in [1.54, 1.807) is 29.7 Å². The van der Waals surface area contributed by atoms with Crippen molar-refractivity contribution in [1.82, 2.24) is 5.06 Å². The summed E-state index contributed by atoms with van der Waals surface area (Å²) in [6.07, 6.45) is 10.5. The maximum absolute atomic E-state index is 11.9. The minimum Gasteiger partial charge on any atom is -0.298 e. The fourth-order valence-electron chi connectivity index (χ4n) is 3.54. The number of aldehydes is 1. The highest BCUT2D eigenvalue weighted by molar-refractivity contribution is 7.10. The average Bonchev–Trinajstić information content (AvgIpc) is 3.31. The fourth-order valence-corrected chi connectivity index (χ4v) is 5.75. The number of hydrogen-bond acceptors (Lipinski definition) is 5. The SMILES string of the molecule is CON(C)C(=O)c1csc2c1CCCC2.O=Cc1csc2c1CCCC2. The van der Waals surface area contributed by atoms with E-state index >= 15 is 0 Å². The molecule has 2 heterocycles. The Balaban J connectivity index is 0.000000158. The van der Waals surface area contributed by atoms with E-state index in [0.717, 1.165) is 36.7 Å². The van der Waals surface area contributed by atoms with Crippen LogP contribution in [-0.4, -0.2) is 31.4 Å². The molecule has 0 radical (unpaired) electrons. The molecule has 2 aromatic rings. The molecule has 2 aliphatic carbocycles. The molecule has 6 heteroatoms. The highest BCUT2D eigenvalue weighted by Crippen LogP contribution is 2.31. The molecule has 140 valence electrons. The van der Waals surface area contributed by atoms with Gasteiger partial charge in [0.15, 0.2) is 6.29 Å². The molecule has 0 atom stereocenters. The first-order valence-corrected chi connectivity index (χ1v) is 10.9. The van der Waals surface area contributed by atoms with Gasteiger partial charge in [0.2, 0.25) is 0 Å². The van der Waals surface area contributed by atoms with Gasteiger partial charge in [0.05, 0.1) is 12.7 Å². The maximum atomic E-state index is 11.9. The number of carbonyl (C=O) groups is 2. The number of nitrogens with zero attached hydrogens (tertiary/aromatic N) is 1. The van der Waals surface area contributed by atoms with Crippen LogP contribution in [0.15, 0.2) is 10.8 Å². The van der Waals surface area contributed by atoms with Crippen LogP contribution in [0.5, 0.6) is 0 Å². The third-order valence-electron chi connectivity index (χ3n) is 5.07. The molecule has 0 unspecified atom stereocenters. The molecule has 0 saturated heterocycles. The molecular weight excluding hydrogens is 366 g/mol. The van der Waals surface area contributed by atoms with Crippen molar-refractivity contribution >= 4 is 34.9 Å². The Morgan fingerprint density at radius 2 is 1.58 bits per heavy atom. The topological polar surface area (TPSA) is 46.6 Å². The van der Waals surface area contributed by atoms with E-state index in [1.807, 2.05) is 10.8 Å². The van der Waals surface area contributed by atoms with E-state index in [4.69, 9.17) is 4.84 Å². The Hall–Kier alpha value is -1.50. The summed E-state index contributed by atoms with van der Waals surface area (Å²) in [6.45, 7) is 0. The van der Waals surface area contributed by atoms with Crippen molar-refractivity contribution in [2.75, 3.05) is 14.2 Å². The summed E-state index contributed by atoms with van der Waals surface area (Å²) in [7, 11) is 3.16.